The molecule has 0 saturated carbocycles. The minimum Gasteiger partial charge on any atom is -0.368 e. The van der Waals surface area contributed by atoms with E-state index >= 15 is 0 Å². The van der Waals surface area contributed by atoms with Crippen molar-refractivity contribution in [1.82, 2.24) is 15.6 Å². The van der Waals surface area contributed by atoms with Crippen molar-refractivity contribution in [3.8, 4) is 0 Å². The van der Waals surface area contributed by atoms with Crippen LogP contribution >= 0.6 is 0 Å². The molecule has 0 aliphatic carbocycles. The number of aromatic nitrogens is 1. The number of urea groups is 1. The molecule has 7 nitrogen and oxygen atoms in total. The van der Waals surface area contributed by atoms with E-state index in [4.69, 9.17) is 0 Å². The van der Waals surface area contributed by atoms with E-state index in [0.29, 0.717) is 26.1 Å². The van der Waals surface area contributed by atoms with Crippen LogP contribution in [0.15, 0.2) is 24.4 Å². The molecule has 0 spiro atoms. The topological polar surface area (TPSA) is 100 Å². The van der Waals surface area contributed by atoms with E-state index < -0.39 is 9.84 Å². The molecule has 1 saturated heterocycles. The summed E-state index contributed by atoms with van der Waals surface area (Å²) in [6, 6.07) is 5.29. The van der Waals surface area contributed by atoms with E-state index in [9.17, 15) is 13.2 Å². The second-order valence-corrected chi connectivity index (χ2v) is 7.28. The highest BCUT2D eigenvalue weighted by Crippen LogP contribution is 2.17. The maximum atomic E-state index is 11.6. The van der Waals surface area contributed by atoms with Gasteiger partial charge in [-0.1, -0.05) is 6.07 Å². The van der Waals surface area contributed by atoms with E-state index in [1.807, 2.05) is 18.2 Å². The van der Waals surface area contributed by atoms with Gasteiger partial charge in [0.2, 0.25) is 0 Å². The summed E-state index contributed by atoms with van der Waals surface area (Å²) in [5, 5.41) is 8.49. The molecule has 2 rings (SSSR count). The summed E-state index contributed by atoms with van der Waals surface area (Å²) in [7, 11) is -2.88. The van der Waals surface area contributed by atoms with Gasteiger partial charge in [0, 0.05) is 25.8 Å². The number of sulfone groups is 1. The maximum absolute atomic E-state index is 11.6. The van der Waals surface area contributed by atoms with Crippen LogP contribution in [-0.4, -0.2) is 50.6 Å². The van der Waals surface area contributed by atoms with Crippen molar-refractivity contribution in [2.45, 2.75) is 6.42 Å². The summed E-state index contributed by atoms with van der Waals surface area (Å²) in [5.74, 6) is 1.20. The molecular formula is C13H20N4O3S. The fourth-order valence-electron chi connectivity index (χ4n) is 2.17. The standard InChI is InChI=1S/C13H20N4O3S/c18-13(17-9-11-4-8-21(19,20)10-11)16-7-6-15-12-3-1-2-5-14-12/h1-3,5,11H,4,6-10H2,(H,14,15)(H2,16,17,18)/t11-/m1/s1. The monoisotopic (exact) mass is 312 g/mol. The molecule has 21 heavy (non-hydrogen) atoms. The lowest BCUT2D eigenvalue weighted by molar-refractivity contribution is 0.239. The van der Waals surface area contributed by atoms with Gasteiger partial charge < -0.3 is 16.0 Å². The normalized spacial score (nSPS) is 19.9. The van der Waals surface area contributed by atoms with Gasteiger partial charge in [0.15, 0.2) is 9.84 Å². The van der Waals surface area contributed by atoms with Crippen molar-refractivity contribution in [3.63, 3.8) is 0 Å². The van der Waals surface area contributed by atoms with E-state index in [1.165, 1.54) is 0 Å². The summed E-state index contributed by atoms with van der Waals surface area (Å²) in [6.07, 6.45) is 2.32. The van der Waals surface area contributed by atoms with Crippen LogP contribution in [0.5, 0.6) is 0 Å². The smallest absolute Gasteiger partial charge is 0.314 e. The number of amides is 2. The summed E-state index contributed by atoms with van der Waals surface area (Å²) in [5.41, 5.74) is 0. The Morgan fingerprint density at radius 1 is 1.29 bits per heavy atom. The molecule has 2 heterocycles. The number of pyridine rings is 1. The zero-order valence-electron chi connectivity index (χ0n) is 11.7. The van der Waals surface area contributed by atoms with Crippen LogP contribution in [0, 0.1) is 5.92 Å². The number of carbonyl (C=O) groups is 1. The number of anilines is 1. The van der Waals surface area contributed by atoms with Crippen LogP contribution in [0.4, 0.5) is 10.6 Å². The Labute approximate surface area is 124 Å². The van der Waals surface area contributed by atoms with Gasteiger partial charge in [-0.3, -0.25) is 0 Å². The zero-order chi connectivity index (χ0) is 15.1. The zero-order valence-corrected chi connectivity index (χ0v) is 12.5. The van der Waals surface area contributed by atoms with Gasteiger partial charge in [-0.05, 0) is 24.5 Å². The van der Waals surface area contributed by atoms with Gasteiger partial charge in [0.05, 0.1) is 11.5 Å². The number of hydrogen-bond donors (Lipinski definition) is 3. The lowest BCUT2D eigenvalue weighted by Gasteiger charge is -2.11. The fraction of sp³-hybridized carbons (Fsp3) is 0.538. The van der Waals surface area contributed by atoms with Crippen LogP contribution in [0.1, 0.15) is 6.42 Å². The van der Waals surface area contributed by atoms with Gasteiger partial charge in [0.1, 0.15) is 5.82 Å². The first-order chi connectivity index (χ1) is 10.1. The van der Waals surface area contributed by atoms with Crippen molar-refractivity contribution in [2.24, 2.45) is 5.92 Å². The molecule has 0 aromatic carbocycles. The van der Waals surface area contributed by atoms with Crippen molar-refractivity contribution < 1.29 is 13.2 Å². The molecule has 8 heteroatoms. The summed E-state index contributed by atoms with van der Waals surface area (Å²) in [4.78, 5) is 15.7. The third-order valence-electron chi connectivity index (χ3n) is 3.26. The van der Waals surface area contributed by atoms with Crippen LogP contribution < -0.4 is 16.0 Å². The van der Waals surface area contributed by atoms with Crippen molar-refractivity contribution in [3.05, 3.63) is 24.4 Å². The second-order valence-electron chi connectivity index (χ2n) is 5.05. The minimum absolute atomic E-state index is 0.0346. The van der Waals surface area contributed by atoms with Gasteiger partial charge >= 0.3 is 6.03 Å². The average Bonchev–Trinajstić information content (AvgIpc) is 2.82. The number of nitrogens with zero attached hydrogens (tertiary/aromatic N) is 1. The first-order valence-corrected chi connectivity index (χ1v) is 8.74. The molecule has 2 amide bonds. The Morgan fingerprint density at radius 2 is 2.14 bits per heavy atom. The summed E-state index contributed by atoms with van der Waals surface area (Å²) in [6.45, 7) is 1.44. The second kappa shape index (κ2) is 7.26. The molecule has 1 atom stereocenters. The highest BCUT2D eigenvalue weighted by Gasteiger charge is 2.27. The molecule has 1 aliphatic rings. The molecule has 116 valence electrons. The van der Waals surface area contributed by atoms with E-state index in [0.717, 1.165) is 5.82 Å². The predicted octanol–water partition coefficient (Wildman–Crippen LogP) is 0.227. The van der Waals surface area contributed by atoms with Crippen LogP contribution in [0.25, 0.3) is 0 Å². The van der Waals surface area contributed by atoms with Gasteiger partial charge in [0.25, 0.3) is 0 Å². The number of nitrogens with one attached hydrogen (secondary N) is 3. The molecule has 0 radical (unpaired) electrons. The van der Waals surface area contributed by atoms with Crippen molar-refractivity contribution in [2.75, 3.05) is 36.5 Å². The third-order valence-corrected chi connectivity index (χ3v) is 5.10. The number of rotatable bonds is 6. The third kappa shape index (κ3) is 5.58. The molecule has 0 bridgehead atoms. The molecule has 1 aromatic rings. The van der Waals surface area contributed by atoms with Crippen LogP contribution in [-0.2, 0) is 9.84 Å². The van der Waals surface area contributed by atoms with Gasteiger partial charge in [-0.15, -0.1) is 0 Å². The largest absolute Gasteiger partial charge is 0.368 e. The maximum Gasteiger partial charge on any atom is 0.314 e. The lowest BCUT2D eigenvalue weighted by Crippen LogP contribution is -2.40. The Balaban J connectivity index is 1.56. The highest BCUT2D eigenvalue weighted by atomic mass is 32.2. The number of hydrogen-bond acceptors (Lipinski definition) is 5. The Hall–Kier alpha value is -1.83. The average molecular weight is 312 g/mol. The number of carbonyl (C=O) groups excluding carboxylic acids is 1. The lowest BCUT2D eigenvalue weighted by atomic mass is 10.1. The first-order valence-electron chi connectivity index (χ1n) is 6.92. The van der Waals surface area contributed by atoms with Crippen molar-refractivity contribution >= 4 is 21.7 Å². The Kier molecular flexibility index (Phi) is 5.38. The summed E-state index contributed by atoms with van der Waals surface area (Å²) >= 11 is 0. The van der Waals surface area contributed by atoms with Gasteiger partial charge in [-0.25, -0.2) is 18.2 Å². The van der Waals surface area contributed by atoms with Crippen LogP contribution in [0.2, 0.25) is 0 Å². The van der Waals surface area contributed by atoms with E-state index in [-0.39, 0.29) is 23.5 Å². The van der Waals surface area contributed by atoms with E-state index in [1.54, 1.807) is 6.20 Å². The Bertz CT molecular complexity index is 562. The first kappa shape index (κ1) is 15.6. The molecule has 1 aliphatic heterocycles. The summed E-state index contributed by atoms with van der Waals surface area (Å²) < 4.78 is 22.6. The predicted molar refractivity (Wildman–Crippen MR) is 80.9 cm³/mol. The quantitative estimate of drug-likeness (QED) is 0.653. The molecular weight excluding hydrogens is 292 g/mol. The minimum atomic E-state index is -2.88. The fourth-order valence-corrected chi connectivity index (χ4v) is 4.03. The van der Waals surface area contributed by atoms with E-state index in [2.05, 4.69) is 20.9 Å². The van der Waals surface area contributed by atoms with Crippen molar-refractivity contribution in [1.29, 1.82) is 0 Å². The van der Waals surface area contributed by atoms with Gasteiger partial charge in [-0.2, -0.15) is 0 Å². The molecule has 3 N–H and O–H groups in total. The van der Waals surface area contributed by atoms with Crippen LogP contribution in [0.3, 0.4) is 0 Å². The molecule has 1 aromatic heterocycles. The SMILES string of the molecule is O=C(NCCNc1ccccn1)NC[C@H]1CCS(=O)(=O)C1. The Morgan fingerprint density at radius 3 is 2.81 bits per heavy atom. The molecule has 0 unspecified atom stereocenters. The highest BCUT2D eigenvalue weighted by molar-refractivity contribution is 7.91. The molecule has 1 fully saturated rings.